The van der Waals surface area contributed by atoms with Crippen molar-refractivity contribution in [3.05, 3.63) is 216 Å². The molecule has 2 heteroatoms. The first-order chi connectivity index (χ1) is 28.4. The number of anilines is 6. The largest absolute Gasteiger partial charge is 0.310 e. The molecule has 0 aliphatic rings. The number of hydrogen-bond acceptors (Lipinski definition) is 2. The highest BCUT2D eigenvalue weighted by Gasteiger charge is 2.26. The maximum Gasteiger partial charge on any atom is 0.0561 e. The Morgan fingerprint density at radius 1 is 0.293 bits per heavy atom. The molecule has 0 amide bonds. The van der Waals surface area contributed by atoms with Crippen LogP contribution in [0.1, 0.15) is 22.3 Å². The monoisotopic (exact) mass is 744 g/mol. The Morgan fingerprint density at radius 2 is 0.724 bits per heavy atom. The lowest BCUT2D eigenvalue weighted by molar-refractivity contribution is 1.24. The highest BCUT2D eigenvalue weighted by Crippen LogP contribution is 2.51. The zero-order valence-electron chi connectivity index (χ0n) is 33.4. The van der Waals surface area contributed by atoms with Crippen LogP contribution in [0.5, 0.6) is 0 Å². The fourth-order valence-electron chi connectivity index (χ4n) is 8.96. The second-order valence-corrected chi connectivity index (χ2v) is 15.6. The molecule has 10 rings (SSSR count). The zero-order valence-corrected chi connectivity index (χ0v) is 33.4. The van der Waals surface area contributed by atoms with E-state index in [1.165, 1.54) is 76.8 Å². The van der Waals surface area contributed by atoms with Crippen molar-refractivity contribution < 1.29 is 0 Å². The van der Waals surface area contributed by atoms with Crippen LogP contribution in [0.15, 0.2) is 194 Å². The van der Waals surface area contributed by atoms with Gasteiger partial charge in [-0.15, -0.1) is 0 Å². The van der Waals surface area contributed by atoms with E-state index >= 15 is 0 Å². The van der Waals surface area contributed by atoms with Gasteiger partial charge in [-0.25, -0.2) is 0 Å². The number of rotatable bonds is 8. The van der Waals surface area contributed by atoms with Gasteiger partial charge in [0.15, 0.2) is 0 Å². The number of benzene rings is 10. The van der Waals surface area contributed by atoms with Crippen molar-refractivity contribution in [3.63, 3.8) is 0 Å². The third-order valence-electron chi connectivity index (χ3n) is 11.9. The Balaban J connectivity index is 1.33. The van der Waals surface area contributed by atoms with Crippen LogP contribution in [0.25, 0.3) is 54.6 Å². The molecule has 10 aromatic carbocycles. The molecule has 2 nitrogen and oxygen atoms in total. The summed E-state index contributed by atoms with van der Waals surface area (Å²) in [4.78, 5) is 4.98. The van der Waals surface area contributed by atoms with E-state index in [9.17, 15) is 0 Å². The Kier molecular flexibility index (Phi) is 8.76. The minimum Gasteiger partial charge on any atom is -0.310 e. The highest BCUT2D eigenvalue weighted by molar-refractivity contribution is 6.29. The number of aryl methyl sites for hydroxylation is 4. The lowest BCUT2D eigenvalue weighted by atomic mass is 9.91. The van der Waals surface area contributed by atoms with Crippen LogP contribution < -0.4 is 9.80 Å². The topological polar surface area (TPSA) is 6.48 Å². The van der Waals surface area contributed by atoms with Crippen molar-refractivity contribution in [2.75, 3.05) is 9.80 Å². The van der Waals surface area contributed by atoms with Gasteiger partial charge in [0.1, 0.15) is 0 Å². The number of hydrogen-bond donors (Lipinski definition) is 0. The Hall–Kier alpha value is -7.16. The van der Waals surface area contributed by atoms with Gasteiger partial charge in [0.05, 0.1) is 11.4 Å². The molecule has 0 spiro atoms. The minimum absolute atomic E-state index is 1.11. The normalized spacial score (nSPS) is 11.4. The molecule has 0 aliphatic heterocycles. The summed E-state index contributed by atoms with van der Waals surface area (Å²) in [5.74, 6) is 0. The van der Waals surface area contributed by atoms with Crippen molar-refractivity contribution >= 4 is 66.4 Å². The minimum atomic E-state index is 1.11. The Labute approximate surface area is 341 Å². The first-order valence-corrected chi connectivity index (χ1v) is 20.2. The standard InChI is InChI=1S/C56H44N2/c1-37-16-11-13-24-47(37)43-28-26-39(3)51(34-43)57(45-20-7-5-8-21-45)53-36-54(50-33-31-42-19-15-18-41-30-32-49(53)56(50)55(41)42)58(46-22-9-6-10-23-46)52-35-44(29-27-40(52)4)48-25-14-12-17-38(48)2/h5-36H,1-4H3. The average Bonchev–Trinajstić information content (AvgIpc) is 3.26. The lowest BCUT2D eigenvalue weighted by Crippen LogP contribution is -2.16. The van der Waals surface area contributed by atoms with Crippen LogP contribution >= 0.6 is 0 Å². The zero-order chi connectivity index (χ0) is 39.3. The summed E-state index contributed by atoms with van der Waals surface area (Å²) in [5, 5.41) is 7.47. The van der Waals surface area contributed by atoms with Crippen LogP contribution in [-0.2, 0) is 0 Å². The van der Waals surface area contributed by atoms with Crippen molar-refractivity contribution in [2.24, 2.45) is 0 Å². The predicted molar refractivity (Wildman–Crippen MR) is 249 cm³/mol. The molecule has 0 unspecified atom stereocenters. The van der Waals surface area contributed by atoms with Crippen molar-refractivity contribution in [3.8, 4) is 22.3 Å². The third kappa shape index (κ3) is 5.97. The summed E-state index contributed by atoms with van der Waals surface area (Å²) in [7, 11) is 0. The summed E-state index contributed by atoms with van der Waals surface area (Å²) in [6.07, 6.45) is 0. The van der Waals surface area contributed by atoms with E-state index in [1.54, 1.807) is 0 Å². The van der Waals surface area contributed by atoms with Gasteiger partial charge >= 0.3 is 0 Å². The van der Waals surface area contributed by atoms with E-state index in [1.807, 2.05) is 0 Å². The molecule has 0 aliphatic carbocycles. The Bertz CT molecular complexity index is 2910. The molecule has 0 radical (unpaired) electrons. The third-order valence-corrected chi connectivity index (χ3v) is 11.9. The second kappa shape index (κ2) is 14.4. The first kappa shape index (κ1) is 35.3. The van der Waals surface area contributed by atoms with E-state index in [4.69, 9.17) is 0 Å². The van der Waals surface area contributed by atoms with E-state index in [-0.39, 0.29) is 0 Å². The van der Waals surface area contributed by atoms with Gasteiger partial charge in [0.25, 0.3) is 0 Å². The maximum absolute atomic E-state index is 2.49. The molecule has 0 fully saturated rings. The first-order valence-electron chi connectivity index (χ1n) is 20.2. The van der Waals surface area contributed by atoms with Gasteiger partial charge in [-0.1, -0.05) is 152 Å². The van der Waals surface area contributed by atoms with E-state index < -0.39 is 0 Å². The van der Waals surface area contributed by atoms with Gasteiger partial charge in [-0.2, -0.15) is 0 Å². The molecular formula is C56H44N2. The van der Waals surface area contributed by atoms with E-state index in [0.717, 1.165) is 34.1 Å². The van der Waals surface area contributed by atoms with Crippen molar-refractivity contribution in [1.82, 2.24) is 0 Å². The average molecular weight is 745 g/mol. The Morgan fingerprint density at radius 3 is 1.17 bits per heavy atom. The smallest absolute Gasteiger partial charge is 0.0561 e. The molecule has 278 valence electrons. The van der Waals surface area contributed by atoms with Crippen LogP contribution in [-0.4, -0.2) is 0 Å². The van der Waals surface area contributed by atoms with Gasteiger partial charge in [-0.05, 0) is 131 Å². The molecule has 0 heterocycles. The molecule has 10 aromatic rings. The van der Waals surface area contributed by atoms with Gasteiger partial charge in [-0.3, -0.25) is 0 Å². The summed E-state index contributed by atoms with van der Waals surface area (Å²) < 4.78 is 0. The molecule has 0 atom stereocenters. The van der Waals surface area contributed by atoms with E-state index in [0.29, 0.717) is 0 Å². The quantitative estimate of drug-likeness (QED) is 0.143. The summed E-state index contributed by atoms with van der Waals surface area (Å²) >= 11 is 0. The predicted octanol–water partition coefficient (Wildman–Crippen LogP) is 16.1. The molecule has 0 aromatic heterocycles. The van der Waals surface area contributed by atoms with Gasteiger partial charge < -0.3 is 9.80 Å². The summed E-state index contributed by atoms with van der Waals surface area (Å²) in [5.41, 5.74) is 16.6. The second-order valence-electron chi connectivity index (χ2n) is 15.6. The summed E-state index contributed by atoms with van der Waals surface area (Å²) in [6, 6.07) is 71.4. The molecule has 0 saturated heterocycles. The fourth-order valence-corrected chi connectivity index (χ4v) is 8.96. The van der Waals surface area contributed by atoms with Gasteiger partial charge in [0.2, 0.25) is 0 Å². The van der Waals surface area contributed by atoms with Crippen molar-refractivity contribution in [1.29, 1.82) is 0 Å². The van der Waals surface area contributed by atoms with Gasteiger partial charge in [0, 0.05) is 38.9 Å². The number of nitrogens with zero attached hydrogens (tertiary/aromatic N) is 2. The molecular weight excluding hydrogens is 701 g/mol. The van der Waals surface area contributed by atoms with Crippen LogP contribution in [0.3, 0.4) is 0 Å². The molecule has 0 N–H and O–H groups in total. The summed E-state index contributed by atoms with van der Waals surface area (Å²) in [6.45, 7) is 8.87. The van der Waals surface area contributed by atoms with Crippen LogP contribution in [0, 0.1) is 27.7 Å². The van der Waals surface area contributed by atoms with Crippen LogP contribution in [0.4, 0.5) is 34.1 Å². The number of para-hydroxylation sites is 2. The van der Waals surface area contributed by atoms with Crippen LogP contribution in [0.2, 0.25) is 0 Å². The van der Waals surface area contributed by atoms with Crippen molar-refractivity contribution in [2.45, 2.75) is 27.7 Å². The maximum atomic E-state index is 2.49. The SMILES string of the molecule is Cc1ccccc1-c1ccc(C)c(N(c2ccccc2)c2cc(N(c3ccccc3)c3cc(-c4ccccc4C)ccc3C)c3ccc4cccc5ccc2c3c54)c1. The lowest BCUT2D eigenvalue weighted by Gasteiger charge is -2.33. The fraction of sp³-hybridized carbons (Fsp3) is 0.0714. The highest BCUT2D eigenvalue weighted by atomic mass is 15.2. The molecule has 0 saturated carbocycles. The van der Waals surface area contributed by atoms with E-state index in [2.05, 4.69) is 232 Å². The molecule has 58 heavy (non-hydrogen) atoms. The molecule has 0 bridgehead atoms.